The van der Waals surface area contributed by atoms with Gasteiger partial charge in [-0.05, 0) is 38.0 Å². The fourth-order valence-electron chi connectivity index (χ4n) is 3.76. The van der Waals surface area contributed by atoms with Crippen molar-refractivity contribution in [2.75, 3.05) is 19.7 Å². The van der Waals surface area contributed by atoms with Gasteiger partial charge in [-0.2, -0.15) is 0 Å². The first-order valence-corrected chi connectivity index (χ1v) is 10.1. The van der Waals surface area contributed by atoms with Crippen LogP contribution in [0.3, 0.4) is 0 Å². The van der Waals surface area contributed by atoms with Gasteiger partial charge in [0.2, 0.25) is 5.91 Å². The summed E-state index contributed by atoms with van der Waals surface area (Å²) < 4.78 is 4.95. The molecule has 0 aromatic heterocycles. The number of benzene rings is 1. The molecule has 0 radical (unpaired) electrons. The Labute approximate surface area is 174 Å². The molecule has 2 N–H and O–H groups in total. The van der Waals surface area contributed by atoms with E-state index in [9.17, 15) is 24.0 Å². The summed E-state index contributed by atoms with van der Waals surface area (Å²) >= 11 is 0. The second-order valence-electron chi connectivity index (χ2n) is 7.34. The number of nitrogens with one attached hydrogen (secondary N) is 2. The Hall–Kier alpha value is -3.23. The van der Waals surface area contributed by atoms with Crippen molar-refractivity contribution in [3.05, 3.63) is 34.9 Å². The number of esters is 1. The number of carbonyl (C=O) groups is 5. The summed E-state index contributed by atoms with van der Waals surface area (Å²) in [5.41, 5.74) is 0.541. The summed E-state index contributed by atoms with van der Waals surface area (Å²) in [6.45, 7) is 1.43. The van der Waals surface area contributed by atoms with Gasteiger partial charge in [-0.15, -0.1) is 0 Å². The summed E-state index contributed by atoms with van der Waals surface area (Å²) in [5.74, 6) is -2.47. The molecule has 3 rings (SSSR count). The zero-order valence-electron chi connectivity index (χ0n) is 16.9. The summed E-state index contributed by atoms with van der Waals surface area (Å²) in [4.78, 5) is 62.1. The molecule has 0 spiro atoms. The lowest BCUT2D eigenvalue weighted by Crippen LogP contribution is -2.40. The molecule has 1 aliphatic heterocycles. The van der Waals surface area contributed by atoms with Gasteiger partial charge < -0.3 is 15.4 Å². The van der Waals surface area contributed by atoms with E-state index in [1.165, 1.54) is 23.1 Å². The quantitative estimate of drug-likeness (QED) is 0.507. The lowest BCUT2D eigenvalue weighted by Gasteiger charge is -2.29. The van der Waals surface area contributed by atoms with E-state index >= 15 is 0 Å². The minimum Gasteiger partial charge on any atom is -0.452 e. The Morgan fingerprint density at radius 2 is 1.70 bits per heavy atom. The maximum Gasteiger partial charge on any atom is 0.338 e. The number of amides is 4. The third-order valence-corrected chi connectivity index (χ3v) is 5.25. The van der Waals surface area contributed by atoms with Gasteiger partial charge in [0.25, 0.3) is 17.7 Å². The van der Waals surface area contributed by atoms with Crippen LogP contribution in [0.25, 0.3) is 0 Å². The lowest BCUT2D eigenvalue weighted by atomic mass is 9.94. The third kappa shape index (κ3) is 4.67. The van der Waals surface area contributed by atoms with Crippen molar-refractivity contribution in [3.8, 4) is 0 Å². The van der Waals surface area contributed by atoms with Gasteiger partial charge in [0.15, 0.2) is 6.61 Å². The zero-order chi connectivity index (χ0) is 21.7. The Bertz CT molecular complexity index is 875. The van der Waals surface area contributed by atoms with Crippen LogP contribution in [0.4, 0.5) is 0 Å². The van der Waals surface area contributed by atoms with E-state index < -0.39 is 24.4 Å². The Morgan fingerprint density at radius 1 is 1.00 bits per heavy atom. The average Bonchev–Trinajstić information content (AvgIpc) is 3.01. The minimum absolute atomic E-state index is 0.0805. The summed E-state index contributed by atoms with van der Waals surface area (Å²) in [6, 6.07) is 4.09. The third-order valence-electron chi connectivity index (χ3n) is 5.25. The molecule has 1 saturated carbocycles. The molecule has 0 unspecified atom stereocenters. The SMILES string of the molecule is CCNC(=O)CNC(=O)COC(=O)c1ccc2c(c1)C(=O)N(C1CCCCC1)C2=O. The monoisotopic (exact) mass is 415 g/mol. The van der Waals surface area contributed by atoms with E-state index in [0.717, 1.165) is 32.1 Å². The van der Waals surface area contributed by atoms with Crippen LogP contribution in [0.1, 0.15) is 70.1 Å². The van der Waals surface area contributed by atoms with Crippen molar-refractivity contribution in [1.82, 2.24) is 15.5 Å². The molecule has 1 aromatic carbocycles. The molecule has 1 aromatic rings. The highest BCUT2D eigenvalue weighted by atomic mass is 16.5. The highest BCUT2D eigenvalue weighted by Crippen LogP contribution is 2.31. The van der Waals surface area contributed by atoms with Crippen LogP contribution in [-0.4, -0.2) is 60.2 Å². The van der Waals surface area contributed by atoms with Crippen molar-refractivity contribution in [3.63, 3.8) is 0 Å². The van der Waals surface area contributed by atoms with Crippen LogP contribution >= 0.6 is 0 Å². The van der Waals surface area contributed by atoms with Gasteiger partial charge in [0.05, 0.1) is 23.2 Å². The van der Waals surface area contributed by atoms with Crippen molar-refractivity contribution >= 4 is 29.6 Å². The Balaban J connectivity index is 1.60. The largest absolute Gasteiger partial charge is 0.452 e. The Kier molecular flexibility index (Phi) is 6.81. The maximum atomic E-state index is 12.8. The van der Waals surface area contributed by atoms with Crippen molar-refractivity contribution in [2.24, 2.45) is 0 Å². The number of imide groups is 1. The van der Waals surface area contributed by atoms with Crippen LogP contribution in [0.5, 0.6) is 0 Å². The van der Waals surface area contributed by atoms with E-state index in [1.54, 1.807) is 6.92 Å². The predicted octanol–water partition coefficient (Wildman–Crippen LogP) is 1.02. The van der Waals surface area contributed by atoms with E-state index in [0.29, 0.717) is 6.54 Å². The zero-order valence-corrected chi connectivity index (χ0v) is 16.9. The molecular formula is C21H25N3O6. The van der Waals surface area contributed by atoms with E-state index in [2.05, 4.69) is 10.6 Å². The summed E-state index contributed by atoms with van der Waals surface area (Å²) in [6.07, 6.45) is 4.67. The van der Waals surface area contributed by atoms with Crippen molar-refractivity contribution in [2.45, 2.75) is 45.1 Å². The number of carbonyl (C=O) groups excluding carboxylic acids is 5. The van der Waals surface area contributed by atoms with Crippen LogP contribution < -0.4 is 10.6 Å². The first-order chi connectivity index (χ1) is 14.4. The van der Waals surface area contributed by atoms with Crippen LogP contribution in [0, 0.1) is 0 Å². The lowest BCUT2D eigenvalue weighted by molar-refractivity contribution is -0.127. The smallest absolute Gasteiger partial charge is 0.338 e. The number of likely N-dealkylation sites (N-methyl/N-ethyl adjacent to an activating group) is 1. The fourth-order valence-corrected chi connectivity index (χ4v) is 3.76. The molecule has 1 heterocycles. The van der Waals surface area contributed by atoms with Crippen LogP contribution in [-0.2, 0) is 14.3 Å². The Morgan fingerprint density at radius 3 is 2.40 bits per heavy atom. The second kappa shape index (κ2) is 9.51. The topological polar surface area (TPSA) is 122 Å². The maximum absolute atomic E-state index is 12.8. The molecular weight excluding hydrogens is 390 g/mol. The fraction of sp³-hybridized carbons (Fsp3) is 0.476. The number of ether oxygens (including phenoxy) is 1. The van der Waals surface area contributed by atoms with E-state index in [-0.39, 0.29) is 41.1 Å². The standard InChI is InChI=1S/C21H25N3O6/c1-2-22-17(25)11-23-18(26)12-30-21(29)13-8-9-15-16(10-13)20(28)24(19(15)27)14-6-4-3-5-7-14/h8-10,14H,2-7,11-12H2,1H3,(H,22,25)(H,23,26). The molecule has 160 valence electrons. The molecule has 1 fully saturated rings. The second-order valence-corrected chi connectivity index (χ2v) is 7.34. The molecule has 0 saturated heterocycles. The van der Waals surface area contributed by atoms with Gasteiger partial charge in [0.1, 0.15) is 0 Å². The first kappa shape index (κ1) is 21.5. The molecule has 9 nitrogen and oxygen atoms in total. The number of nitrogens with zero attached hydrogens (tertiary/aromatic N) is 1. The highest BCUT2D eigenvalue weighted by molar-refractivity contribution is 6.22. The van der Waals surface area contributed by atoms with Crippen LogP contribution in [0.15, 0.2) is 18.2 Å². The highest BCUT2D eigenvalue weighted by Gasteiger charge is 2.40. The predicted molar refractivity (Wildman–Crippen MR) is 106 cm³/mol. The molecule has 0 bridgehead atoms. The number of hydrogen-bond donors (Lipinski definition) is 2. The van der Waals surface area contributed by atoms with E-state index in [1.807, 2.05) is 0 Å². The average molecular weight is 415 g/mol. The normalized spacial score (nSPS) is 16.2. The first-order valence-electron chi connectivity index (χ1n) is 10.1. The van der Waals surface area contributed by atoms with Gasteiger partial charge in [-0.1, -0.05) is 19.3 Å². The number of fused-ring (bicyclic) bond motifs is 1. The minimum atomic E-state index is -0.790. The van der Waals surface area contributed by atoms with E-state index in [4.69, 9.17) is 4.74 Å². The van der Waals surface area contributed by atoms with Gasteiger partial charge in [0, 0.05) is 12.6 Å². The van der Waals surface area contributed by atoms with Crippen LogP contribution in [0.2, 0.25) is 0 Å². The molecule has 2 aliphatic rings. The number of hydrogen-bond acceptors (Lipinski definition) is 6. The molecule has 4 amide bonds. The number of rotatable bonds is 7. The molecule has 9 heteroatoms. The summed E-state index contributed by atoms with van der Waals surface area (Å²) in [7, 11) is 0. The van der Waals surface area contributed by atoms with Gasteiger partial charge in [-0.3, -0.25) is 24.1 Å². The van der Waals surface area contributed by atoms with Gasteiger partial charge in [-0.25, -0.2) is 4.79 Å². The molecule has 1 aliphatic carbocycles. The van der Waals surface area contributed by atoms with Crippen molar-refractivity contribution < 1.29 is 28.7 Å². The van der Waals surface area contributed by atoms with Gasteiger partial charge >= 0.3 is 5.97 Å². The van der Waals surface area contributed by atoms with Crippen molar-refractivity contribution in [1.29, 1.82) is 0 Å². The summed E-state index contributed by atoms with van der Waals surface area (Å²) in [5, 5.41) is 4.86. The molecule has 30 heavy (non-hydrogen) atoms. The molecule has 0 atom stereocenters.